The van der Waals surface area contributed by atoms with Gasteiger partial charge in [0, 0.05) is 15.9 Å². The van der Waals surface area contributed by atoms with E-state index in [1.807, 2.05) is 11.8 Å². The number of amidine groups is 1. The lowest BCUT2D eigenvalue weighted by Gasteiger charge is -2.29. The van der Waals surface area contributed by atoms with Crippen molar-refractivity contribution in [1.29, 1.82) is 0 Å². The van der Waals surface area contributed by atoms with Gasteiger partial charge in [0.1, 0.15) is 0 Å². The summed E-state index contributed by atoms with van der Waals surface area (Å²) in [7, 11) is 0. The number of benzene rings is 1. The van der Waals surface area contributed by atoms with Gasteiger partial charge in [0.05, 0.1) is 5.54 Å². The molecule has 2 rings (SSSR count). The van der Waals surface area contributed by atoms with Crippen molar-refractivity contribution in [3.05, 3.63) is 28.2 Å². The molecule has 0 aliphatic carbocycles. The van der Waals surface area contributed by atoms with Crippen molar-refractivity contribution in [2.45, 2.75) is 39.2 Å². The summed E-state index contributed by atoms with van der Waals surface area (Å²) >= 11 is 5.30. The highest BCUT2D eigenvalue weighted by atomic mass is 79.9. The number of rotatable bonds is 2. The molecule has 1 atom stereocenters. The Bertz CT molecular complexity index is 473. The molecule has 0 amide bonds. The van der Waals surface area contributed by atoms with Crippen LogP contribution >= 0.6 is 27.7 Å². The van der Waals surface area contributed by atoms with Crippen LogP contribution in [0.5, 0.6) is 0 Å². The molecule has 1 N–H and O–H groups in total. The SMILES string of the molecule is CCC1(C)CCSC(Nc2ccc(Br)cc2C)=N1. The molecule has 1 aromatic carbocycles. The molecule has 2 nitrogen and oxygen atoms in total. The Kier molecular flexibility index (Phi) is 4.38. The number of thioether (sulfide) groups is 1. The monoisotopic (exact) mass is 326 g/mol. The summed E-state index contributed by atoms with van der Waals surface area (Å²) in [6.07, 6.45) is 2.26. The first-order chi connectivity index (χ1) is 8.52. The second-order valence-electron chi connectivity index (χ2n) is 4.95. The fraction of sp³-hybridized carbons (Fsp3) is 0.500. The van der Waals surface area contributed by atoms with Crippen molar-refractivity contribution >= 4 is 38.5 Å². The number of hydrogen-bond donors (Lipinski definition) is 1. The standard InChI is InChI=1S/C14H19BrN2S/c1-4-14(3)7-8-18-13(17-14)16-12-6-5-11(15)9-10(12)2/h5-6,9H,4,7-8H2,1-3H3,(H,16,17). The van der Waals surface area contributed by atoms with Crippen LogP contribution in [0.1, 0.15) is 32.3 Å². The minimum atomic E-state index is 0.108. The molecule has 0 saturated carbocycles. The van der Waals surface area contributed by atoms with E-state index in [1.54, 1.807) is 0 Å². The summed E-state index contributed by atoms with van der Waals surface area (Å²) in [5, 5.41) is 4.51. The number of anilines is 1. The average Bonchev–Trinajstić information content (AvgIpc) is 2.33. The first kappa shape index (κ1) is 13.9. The Labute approximate surface area is 122 Å². The van der Waals surface area contributed by atoms with Gasteiger partial charge in [0.2, 0.25) is 0 Å². The van der Waals surface area contributed by atoms with E-state index in [1.165, 1.54) is 12.0 Å². The van der Waals surface area contributed by atoms with E-state index in [0.29, 0.717) is 0 Å². The maximum atomic E-state index is 4.85. The van der Waals surface area contributed by atoms with Crippen molar-refractivity contribution in [2.75, 3.05) is 11.1 Å². The van der Waals surface area contributed by atoms with Gasteiger partial charge in [-0.15, -0.1) is 0 Å². The zero-order valence-electron chi connectivity index (χ0n) is 11.1. The predicted octanol–water partition coefficient (Wildman–Crippen LogP) is 4.83. The third-order valence-electron chi connectivity index (χ3n) is 3.44. The van der Waals surface area contributed by atoms with Gasteiger partial charge >= 0.3 is 0 Å². The topological polar surface area (TPSA) is 24.4 Å². The minimum Gasteiger partial charge on any atom is -0.335 e. The number of nitrogens with zero attached hydrogens (tertiary/aromatic N) is 1. The normalized spacial score (nSPS) is 23.7. The third-order valence-corrected chi connectivity index (χ3v) is 4.81. The Morgan fingerprint density at radius 2 is 2.28 bits per heavy atom. The number of aryl methyl sites for hydroxylation is 1. The summed E-state index contributed by atoms with van der Waals surface area (Å²) in [5.74, 6) is 1.14. The second-order valence-corrected chi connectivity index (χ2v) is 6.95. The lowest BCUT2D eigenvalue weighted by Crippen LogP contribution is -2.29. The van der Waals surface area contributed by atoms with E-state index in [4.69, 9.17) is 4.99 Å². The maximum absolute atomic E-state index is 4.85. The highest BCUT2D eigenvalue weighted by molar-refractivity contribution is 9.10. The number of hydrogen-bond acceptors (Lipinski definition) is 3. The molecule has 4 heteroatoms. The average molecular weight is 327 g/mol. The molecule has 0 fully saturated rings. The first-order valence-electron chi connectivity index (χ1n) is 6.28. The van der Waals surface area contributed by atoms with Crippen molar-refractivity contribution in [3.63, 3.8) is 0 Å². The van der Waals surface area contributed by atoms with Gasteiger partial charge in [-0.05, 0) is 50.5 Å². The summed E-state index contributed by atoms with van der Waals surface area (Å²) in [6, 6.07) is 6.28. The molecule has 18 heavy (non-hydrogen) atoms. The van der Waals surface area contributed by atoms with Crippen LogP contribution in [0, 0.1) is 6.92 Å². The van der Waals surface area contributed by atoms with Gasteiger partial charge < -0.3 is 5.32 Å². The first-order valence-corrected chi connectivity index (χ1v) is 8.06. The molecule has 0 aromatic heterocycles. The zero-order valence-corrected chi connectivity index (χ0v) is 13.5. The van der Waals surface area contributed by atoms with Crippen LogP contribution < -0.4 is 5.32 Å². The van der Waals surface area contributed by atoms with Crippen LogP contribution in [0.4, 0.5) is 5.69 Å². The predicted molar refractivity (Wildman–Crippen MR) is 85.7 cm³/mol. The molecular weight excluding hydrogens is 308 g/mol. The lowest BCUT2D eigenvalue weighted by molar-refractivity contribution is 0.443. The maximum Gasteiger partial charge on any atom is 0.161 e. The molecule has 0 bridgehead atoms. The van der Waals surface area contributed by atoms with Crippen LogP contribution in [0.3, 0.4) is 0 Å². The smallest absolute Gasteiger partial charge is 0.161 e. The Balaban J connectivity index is 2.18. The van der Waals surface area contributed by atoms with E-state index in [9.17, 15) is 0 Å². The number of aliphatic imine (C=N–C) groups is 1. The Morgan fingerprint density at radius 1 is 1.50 bits per heavy atom. The highest BCUT2D eigenvalue weighted by Crippen LogP contribution is 2.30. The van der Waals surface area contributed by atoms with Crippen molar-refractivity contribution in [2.24, 2.45) is 4.99 Å². The van der Waals surface area contributed by atoms with E-state index in [2.05, 4.69) is 60.2 Å². The summed E-state index contributed by atoms with van der Waals surface area (Å²) in [4.78, 5) is 4.85. The van der Waals surface area contributed by atoms with Gasteiger partial charge in [-0.1, -0.05) is 34.6 Å². The molecule has 1 aromatic rings. The molecule has 0 spiro atoms. The summed E-state index contributed by atoms with van der Waals surface area (Å²) in [6.45, 7) is 6.56. The van der Waals surface area contributed by atoms with Crippen molar-refractivity contribution in [1.82, 2.24) is 0 Å². The fourth-order valence-corrected chi connectivity index (χ4v) is 3.58. The zero-order chi connectivity index (χ0) is 13.2. The van der Waals surface area contributed by atoms with E-state index in [0.717, 1.165) is 27.5 Å². The second kappa shape index (κ2) is 5.66. The highest BCUT2D eigenvalue weighted by Gasteiger charge is 2.26. The molecular formula is C14H19BrN2S. The quantitative estimate of drug-likeness (QED) is 0.841. The number of halogens is 1. The van der Waals surface area contributed by atoms with Crippen LogP contribution in [0.25, 0.3) is 0 Å². The molecule has 1 aliphatic heterocycles. The summed E-state index contributed by atoms with van der Waals surface area (Å²) in [5.41, 5.74) is 2.48. The van der Waals surface area contributed by atoms with Crippen LogP contribution in [-0.2, 0) is 0 Å². The molecule has 0 radical (unpaired) electrons. The van der Waals surface area contributed by atoms with Gasteiger partial charge in [0.25, 0.3) is 0 Å². The molecule has 1 heterocycles. The largest absolute Gasteiger partial charge is 0.335 e. The van der Waals surface area contributed by atoms with Gasteiger partial charge in [-0.2, -0.15) is 0 Å². The Hall–Kier alpha value is -0.480. The van der Waals surface area contributed by atoms with E-state index in [-0.39, 0.29) is 5.54 Å². The molecule has 0 saturated heterocycles. The fourth-order valence-electron chi connectivity index (χ4n) is 1.90. The van der Waals surface area contributed by atoms with Crippen molar-refractivity contribution in [3.8, 4) is 0 Å². The third kappa shape index (κ3) is 3.29. The van der Waals surface area contributed by atoms with Crippen molar-refractivity contribution < 1.29 is 0 Å². The van der Waals surface area contributed by atoms with Gasteiger partial charge in [-0.3, -0.25) is 4.99 Å². The Morgan fingerprint density at radius 3 is 2.94 bits per heavy atom. The van der Waals surface area contributed by atoms with E-state index >= 15 is 0 Å². The molecule has 1 unspecified atom stereocenters. The summed E-state index contributed by atoms with van der Waals surface area (Å²) < 4.78 is 1.11. The number of nitrogens with one attached hydrogen (secondary N) is 1. The van der Waals surface area contributed by atoms with Gasteiger partial charge in [0.15, 0.2) is 5.17 Å². The van der Waals surface area contributed by atoms with Crippen LogP contribution in [0.15, 0.2) is 27.7 Å². The van der Waals surface area contributed by atoms with E-state index < -0.39 is 0 Å². The molecule has 98 valence electrons. The molecule has 1 aliphatic rings. The van der Waals surface area contributed by atoms with Gasteiger partial charge in [-0.25, -0.2) is 0 Å². The lowest BCUT2D eigenvalue weighted by atomic mass is 9.97. The minimum absolute atomic E-state index is 0.108. The van der Waals surface area contributed by atoms with Crippen LogP contribution in [-0.4, -0.2) is 16.5 Å². The van der Waals surface area contributed by atoms with Crippen LogP contribution in [0.2, 0.25) is 0 Å².